The molecule has 90 valence electrons. The zero-order chi connectivity index (χ0) is 11.4. The van der Waals surface area contributed by atoms with Crippen molar-refractivity contribution >= 4 is 11.3 Å². The van der Waals surface area contributed by atoms with Gasteiger partial charge in [-0.25, -0.2) is 0 Å². The van der Waals surface area contributed by atoms with E-state index in [2.05, 4.69) is 36.7 Å². The Balaban J connectivity index is 1.85. The fourth-order valence-corrected chi connectivity index (χ4v) is 3.03. The normalized spacial score (nSPS) is 27.1. The first kappa shape index (κ1) is 12.1. The SMILES string of the molecule is CCC(Cc1cccs1)NC1CCOC1C. The minimum Gasteiger partial charge on any atom is -0.377 e. The van der Waals surface area contributed by atoms with Gasteiger partial charge in [0.25, 0.3) is 0 Å². The highest BCUT2D eigenvalue weighted by molar-refractivity contribution is 7.09. The lowest BCUT2D eigenvalue weighted by Crippen LogP contribution is -2.42. The number of hydrogen-bond acceptors (Lipinski definition) is 3. The highest BCUT2D eigenvalue weighted by Crippen LogP contribution is 2.17. The third kappa shape index (κ3) is 3.06. The zero-order valence-corrected chi connectivity index (χ0v) is 10.9. The molecule has 0 aliphatic carbocycles. The average Bonchev–Trinajstić information content (AvgIpc) is 2.90. The summed E-state index contributed by atoms with van der Waals surface area (Å²) >= 11 is 1.85. The van der Waals surface area contributed by atoms with Crippen LogP contribution < -0.4 is 5.32 Å². The number of thiophene rings is 1. The van der Waals surface area contributed by atoms with Gasteiger partial charge in [0.1, 0.15) is 0 Å². The topological polar surface area (TPSA) is 21.3 Å². The second kappa shape index (κ2) is 5.80. The van der Waals surface area contributed by atoms with Gasteiger partial charge in [0.05, 0.1) is 6.10 Å². The van der Waals surface area contributed by atoms with Crippen LogP contribution in [0.4, 0.5) is 0 Å². The van der Waals surface area contributed by atoms with Crippen molar-refractivity contribution in [3.8, 4) is 0 Å². The Labute approximate surface area is 102 Å². The zero-order valence-electron chi connectivity index (χ0n) is 10.1. The van der Waals surface area contributed by atoms with Crippen LogP contribution >= 0.6 is 11.3 Å². The van der Waals surface area contributed by atoms with E-state index in [1.807, 2.05) is 11.3 Å². The van der Waals surface area contributed by atoms with Crippen LogP contribution in [0.15, 0.2) is 17.5 Å². The molecule has 0 amide bonds. The molecule has 1 fully saturated rings. The molecule has 1 aromatic rings. The molecule has 1 N–H and O–H groups in total. The summed E-state index contributed by atoms with van der Waals surface area (Å²) in [6.45, 7) is 5.34. The summed E-state index contributed by atoms with van der Waals surface area (Å²) in [6.07, 6.45) is 3.86. The van der Waals surface area contributed by atoms with Crippen molar-refractivity contribution in [2.75, 3.05) is 6.61 Å². The standard InChI is InChI=1S/C13H21NOS/c1-3-11(9-12-5-4-8-16-12)14-13-6-7-15-10(13)2/h4-5,8,10-11,13-14H,3,6-7,9H2,1-2H3. The molecular weight excluding hydrogens is 218 g/mol. The van der Waals surface area contributed by atoms with Gasteiger partial charge in [-0.05, 0) is 37.6 Å². The molecule has 1 aromatic heterocycles. The van der Waals surface area contributed by atoms with Crippen LogP contribution in [0.1, 0.15) is 31.6 Å². The highest BCUT2D eigenvalue weighted by atomic mass is 32.1. The van der Waals surface area contributed by atoms with Crippen molar-refractivity contribution in [2.45, 2.75) is 51.3 Å². The van der Waals surface area contributed by atoms with Crippen LogP contribution in [0.3, 0.4) is 0 Å². The molecule has 16 heavy (non-hydrogen) atoms. The van der Waals surface area contributed by atoms with E-state index >= 15 is 0 Å². The van der Waals surface area contributed by atoms with Gasteiger partial charge in [-0.2, -0.15) is 0 Å². The second-order valence-electron chi connectivity index (χ2n) is 4.53. The van der Waals surface area contributed by atoms with E-state index in [4.69, 9.17) is 4.74 Å². The van der Waals surface area contributed by atoms with Crippen molar-refractivity contribution in [3.05, 3.63) is 22.4 Å². The third-order valence-corrected chi connectivity index (χ3v) is 4.25. The predicted molar refractivity (Wildman–Crippen MR) is 69.1 cm³/mol. The van der Waals surface area contributed by atoms with Crippen LogP contribution in [0.2, 0.25) is 0 Å². The van der Waals surface area contributed by atoms with Crippen molar-refractivity contribution in [1.29, 1.82) is 0 Å². The molecule has 1 aliphatic rings. The molecule has 0 radical (unpaired) electrons. The van der Waals surface area contributed by atoms with Crippen LogP contribution in [0, 0.1) is 0 Å². The van der Waals surface area contributed by atoms with Gasteiger partial charge in [-0.15, -0.1) is 11.3 Å². The largest absolute Gasteiger partial charge is 0.377 e. The quantitative estimate of drug-likeness (QED) is 0.853. The number of nitrogens with one attached hydrogen (secondary N) is 1. The monoisotopic (exact) mass is 239 g/mol. The van der Waals surface area contributed by atoms with Gasteiger partial charge in [-0.3, -0.25) is 0 Å². The van der Waals surface area contributed by atoms with Gasteiger partial charge in [0, 0.05) is 23.6 Å². The third-order valence-electron chi connectivity index (χ3n) is 3.35. The minimum absolute atomic E-state index is 0.373. The molecule has 3 heteroatoms. The van der Waals surface area contributed by atoms with Crippen molar-refractivity contribution < 1.29 is 4.74 Å². The molecule has 0 saturated carbocycles. The van der Waals surface area contributed by atoms with Crippen molar-refractivity contribution in [1.82, 2.24) is 5.32 Å². The maximum atomic E-state index is 5.59. The molecule has 3 unspecified atom stereocenters. The summed E-state index contributed by atoms with van der Waals surface area (Å²) in [5.74, 6) is 0. The van der Waals surface area contributed by atoms with E-state index in [-0.39, 0.29) is 0 Å². The Morgan fingerprint density at radius 1 is 1.62 bits per heavy atom. The predicted octanol–water partition coefficient (Wildman–Crippen LogP) is 2.84. The Kier molecular flexibility index (Phi) is 4.38. The smallest absolute Gasteiger partial charge is 0.0700 e. The maximum absolute atomic E-state index is 5.59. The average molecular weight is 239 g/mol. The van der Waals surface area contributed by atoms with Gasteiger partial charge >= 0.3 is 0 Å². The minimum atomic E-state index is 0.373. The number of hydrogen-bond donors (Lipinski definition) is 1. The lowest BCUT2D eigenvalue weighted by molar-refractivity contribution is 0.110. The molecule has 2 heterocycles. The van der Waals surface area contributed by atoms with Gasteiger partial charge in [-0.1, -0.05) is 13.0 Å². The van der Waals surface area contributed by atoms with E-state index in [1.54, 1.807) is 0 Å². The summed E-state index contributed by atoms with van der Waals surface area (Å²) in [6, 6.07) is 5.50. The fraction of sp³-hybridized carbons (Fsp3) is 0.692. The number of rotatable bonds is 5. The highest BCUT2D eigenvalue weighted by Gasteiger charge is 2.25. The van der Waals surface area contributed by atoms with Crippen molar-refractivity contribution in [2.24, 2.45) is 0 Å². The van der Waals surface area contributed by atoms with Crippen LogP contribution in [0.25, 0.3) is 0 Å². The lowest BCUT2D eigenvalue weighted by Gasteiger charge is -2.23. The van der Waals surface area contributed by atoms with E-state index in [9.17, 15) is 0 Å². The first-order valence-electron chi connectivity index (χ1n) is 6.19. The molecular formula is C13H21NOS. The number of ether oxygens (including phenoxy) is 1. The van der Waals surface area contributed by atoms with Crippen LogP contribution in [0.5, 0.6) is 0 Å². The Morgan fingerprint density at radius 3 is 3.06 bits per heavy atom. The van der Waals surface area contributed by atoms with Crippen LogP contribution in [-0.2, 0) is 11.2 Å². The van der Waals surface area contributed by atoms with Crippen molar-refractivity contribution in [3.63, 3.8) is 0 Å². The molecule has 1 aliphatic heterocycles. The first-order chi connectivity index (χ1) is 7.79. The molecule has 3 atom stereocenters. The Hall–Kier alpha value is -0.380. The summed E-state index contributed by atoms with van der Waals surface area (Å²) in [4.78, 5) is 1.48. The Bertz CT molecular complexity index is 299. The summed E-state index contributed by atoms with van der Waals surface area (Å²) in [5.41, 5.74) is 0. The van der Waals surface area contributed by atoms with Crippen LogP contribution in [-0.4, -0.2) is 24.8 Å². The molecule has 0 aromatic carbocycles. The first-order valence-corrected chi connectivity index (χ1v) is 7.07. The van der Waals surface area contributed by atoms with Gasteiger partial charge < -0.3 is 10.1 Å². The molecule has 2 rings (SSSR count). The van der Waals surface area contributed by atoms with E-state index < -0.39 is 0 Å². The molecule has 2 nitrogen and oxygen atoms in total. The molecule has 1 saturated heterocycles. The van der Waals surface area contributed by atoms with E-state index in [1.165, 1.54) is 11.3 Å². The maximum Gasteiger partial charge on any atom is 0.0700 e. The summed E-state index contributed by atoms with van der Waals surface area (Å²) < 4.78 is 5.59. The van der Waals surface area contributed by atoms with Gasteiger partial charge in [0.15, 0.2) is 0 Å². The van der Waals surface area contributed by atoms with E-state index in [0.717, 1.165) is 19.4 Å². The summed E-state index contributed by atoms with van der Waals surface area (Å²) in [7, 11) is 0. The van der Waals surface area contributed by atoms with Gasteiger partial charge in [0.2, 0.25) is 0 Å². The lowest BCUT2D eigenvalue weighted by atomic mass is 10.1. The second-order valence-corrected chi connectivity index (χ2v) is 5.56. The van der Waals surface area contributed by atoms with E-state index in [0.29, 0.717) is 18.2 Å². The molecule has 0 spiro atoms. The Morgan fingerprint density at radius 2 is 2.50 bits per heavy atom. The summed E-state index contributed by atoms with van der Waals surface area (Å²) in [5, 5.41) is 5.89. The molecule has 0 bridgehead atoms. The fourth-order valence-electron chi connectivity index (χ4n) is 2.25.